The van der Waals surface area contributed by atoms with Gasteiger partial charge in [0, 0.05) is 0 Å². The number of hydrogen-bond acceptors (Lipinski definition) is 4. The Hall–Kier alpha value is -1.23. The third-order valence-corrected chi connectivity index (χ3v) is 1.64. The van der Waals surface area contributed by atoms with Crippen molar-refractivity contribution >= 4 is 18.4 Å². The molecule has 0 aliphatic carbocycles. The summed E-state index contributed by atoms with van der Waals surface area (Å²) in [7, 11) is 1.28. The molecule has 1 rings (SSSR count). The lowest BCUT2D eigenvalue weighted by molar-refractivity contribution is 0.0600. The van der Waals surface area contributed by atoms with Crippen LogP contribution in [0.15, 0.2) is 24.3 Å². The maximum atomic E-state index is 11.7. The van der Waals surface area contributed by atoms with Crippen LogP contribution in [0.2, 0.25) is 0 Å². The number of benzene rings is 1. The molecular weight excluding hydrogens is 195 g/mol. The summed E-state index contributed by atoms with van der Waals surface area (Å²) in [5.74, 6) is -0.204. The molecule has 0 fully saturated rings. The van der Waals surface area contributed by atoms with E-state index in [0.29, 0.717) is 5.56 Å². The zero-order chi connectivity index (χ0) is 9.68. The standard InChI is InChI=1S/C8H7FO3S/c1-11-8(10)6-3-2-4-7(5-6)12-13-9/h2-5H,1H3. The highest BCUT2D eigenvalue weighted by Crippen LogP contribution is 2.18. The van der Waals surface area contributed by atoms with Crippen molar-refractivity contribution in [2.45, 2.75) is 0 Å². The number of halogens is 1. The number of carbonyl (C=O) groups is 1. The molecule has 0 aliphatic rings. The second-order valence-electron chi connectivity index (χ2n) is 2.17. The molecule has 70 valence electrons. The fourth-order valence-electron chi connectivity index (χ4n) is 0.829. The van der Waals surface area contributed by atoms with Crippen molar-refractivity contribution in [2.24, 2.45) is 0 Å². The maximum absolute atomic E-state index is 11.7. The van der Waals surface area contributed by atoms with Crippen LogP contribution in [0.5, 0.6) is 5.75 Å². The first-order valence-corrected chi connectivity index (χ1v) is 4.05. The average molecular weight is 202 g/mol. The predicted octanol–water partition coefficient (Wildman–Crippen LogP) is 2.38. The fourth-order valence-corrected chi connectivity index (χ4v) is 1.01. The SMILES string of the molecule is COC(=O)c1cccc(OSF)c1. The summed E-state index contributed by atoms with van der Waals surface area (Å²) in [5, 5.41) is 0. The van der Waals surface area contributed by atoms with Gasteiger partial charge in [0.05, 0.1) is 12.7 Å². The molecule has 1 aromatic carbocycles. The lowest BCUT2D eigenvalue weighted by atomic mass is 10.2. The predicted molar refractivity (Wildman–Crippen MR) is 47.1 cm³/mol. The topological polar surface area (TPSA) is 35.5 Å². The van der Waals surface area contributed by atoms with E-state index in [1.54, 1.807) is 18.2 Å². The van der Waals surface area contributed by atoms with Crippen LogP contribution < -0.4 is 4.18 Å². The molecule has 0 bridgehead atoms. The monoisotopic (exact) mass is 202 g/mol. The van der Waals surface area contributed by atoms with Crippen LogP contribution in [0.1, 0.15) is 10.4 Å². The highest BCUT2D eigenvalue weighted by Gasteiger charge is 2.05. The molecule has 0 N–H and O–H groups in total. The third-order valence-electron chi connectivity index (χ3n) is 1.38. The van der Waals surface area contributed by atoms with Gasteiger partial charge in [0.25, 0.3) is 12.4 Å². The second kappa shape index (κ2) is 4.71. The van der Waals surface area contributed by atoms with E-state index in [4.69, 9.17) is 0 Å². The smallest absolute Gasteiger partial charge is 0.337 e. The Bertz CT molecular complexity index is 303. The van der Waals surface area contributed by atoms with Gasteiger partial charge < -0.3 is 8.92 Å². The molecule has 0 spiro atoms. The van der Waals surface area contributed by atoms with Crippen LogP contribution >= 0.6 is 12.4 Å². The molecule has 0 aliphatic heterocycles. The lowest BCUT2D eigenvalue weighted by Gasteiger charge is -2.01. The minimum Gasteiger partial charge on any atom is -0.465 e. The Kier molecular flexibility index (Phi) is 3.57. The van der Waals surface area contributed by atoms with Crippen molar-refractivity contribution in [3.8, 4) is 5.75 Å². The van der Waals surface area contributed by atoms with Gasteiger partial charge in [-0.3, -0.25) is 0 Å². The number of carbonyl (C=O) groups excluding carboxylic acids is 1. The minimum absolute atomic E-state index is 0.269. The molecule has 13 heavy (non-hydrogen) atoms. The highest BCUT2D eigenvalue weighted by molar-refractivity contribution is 7.89. The van der Waals surface area contributed by atoms with Gasteiger partial charge in [-0.1, -0.05) is 6.07 Å². The molecule has 0 aromatic heterocycles. The maximum Gasteiger partial charge on any atom is 0.337 e. The quantitative estimate of drug-likeness (QED) is 0.557. The highest BCUT2D eigenvalue weighted by atomic mass is 32.2. The molecule has 3 nitrogen and oxygen atoms in total. The molecule has 0 saturated heterocycles. The molecular formula is C8H7FO3S. The lowest BCUT2D eigenvalue weighted by Crippen LogP contribution is -2.00. The third kappa shape index (κ3) is 2.62. The Morgan fingerprint density at radius 3 is 2.92 bits per heavy atom. The zero-order valence-corrected chi connectivity index (χ0v) is 7.64. The molecule has 1 aromatic rings. The van der Waals surface area contributed by atoms with Gasteiger partial charge in [-0.25, -0.2) is 4.79 Å². The number of esters is 1. The summed E-state index contributed by atoms with van der Waals surface area (Å²) in [4.78, 5) is 11.0. The normalized spacial score (nSPS) is 9.38. The summed E-state index contributed by atoms with van der Waals surface area (Å²) >= 11 is -0.269. The van der Waals surface area contributed by atoms with Gasteiger partial charge in [-0.2, -0.15) is 0 Å². The first-order chi connectivity index (χ1) is 6.27. The van der Waals surface area contributed by atoms with Crippen LogP contribution in [0.3, 0.4) is 0 Å². The molecule has 0 radical (unpaired) electrons. The van der Waals surface area contributed by atoms with Crippen molar-refractivity contribution in [1.82, 2.24) is 0 Å². The van der Waals surface area contributed by atoms with Gasteiger partial charge in [0.1, 0.15) is 5.75 Å². The van der Waals surface area contributed by atoms with Crippen LogP contribution in [0, 0.1) is 0 Å². The molecule has 0 heterocycles. The summed E-state index contributed by atoms with van der Waals surface area (Å²) in [6.07, 6.45) is 0. The van der Waals surface area contributed by atoms with Crippen LogP contribution in [-0.2, 0) is 4.74 Å². The van der Waals surface area contributed by atoms with E-state index in [1.807, 2.05) is 0 Å². The molecule has 0 saturated carbocycles. The molecule has 0 unspecified atom stereocenters. The summed E-state index contributed by atoms with van der Waals surface area (Å²) in [6, 6.07) is 6.08. The molecule has 0 atom stereocenters. The van der Waals surface area contributed by atoms with E-state index in [2.05, 4.69) is 8.92 Å². The fraction of sp³-hybridized carbons (Fsp3) is 0.125. The summed E-state index contributed by atoms with van der Waals surface area (Å²) in [6.45, 7) is 0. The Morgan fingerprint density at radius 2 is 2.31 bits per heavy atom. The van der Waals surface area contributed by atoms with Gasteiger partial charge >= 0.3 is 5.97 Å². The molecule has 5 heteroatoms. The van der Waals surface area contributed by atoms with Gasteiger partial charge in [0.15, 0.2) is 0 Å². The van der Waals surface area contributed by atoms with E-state index in [1.165, 1.54) is 13.2 Å². The van der Waals surface area contributed by atoms with E-state index >= 15 is 0 Å². The van der Waals surface area contributed by atoms with Crippen LogP contribution in [-0.4, -0.2) is 13.1 Å². The van der Waals surface area contributed by atoms with E-state index in [9.17, 15) is 8.68 Å². The van der Waals surface area contributed by atoms with Crippen LogP contribution in [0.4, 0.5) is 3.89 Å². The van der Waals surface area contributed by atoms with Crippen LogP contribution in [0.25, 0.3) is 0 Å². The number of methoxy groups -OCH3 is 1. The van der Waals surface area contributed by atoms with Crippen molar-refractivity contribution in [3.05, 3.63) is 29.8 Å². The first kappa shape index (κ1) is 9.85. The Morgan fingerprint density at radius 1 is 1.54 bits per heavy atom. The average Bonchev–Trinajstić information content (AvgIpc) is 2.18. The number of hydrogen-bond donors (Lipinski definition) is 0. The second-order valence-corrected chi connectivity index (χ2v) is 2.46. The largest absolute Gasteiger partial charge is 0.465 e. The zero-order valence-electron chi connectivity index (χ0n) is 6.82. The number of ether oxygens (including phenoxy) is 1. The van der Waals surface area contributed by atoms with Crippen molar-refractivity contribution in [3.63, 3.8) is 0 Å². The van der Waals surface area contributed by atoms with Gasteiger partial charge in [-0.05, 0) is 18.2 Å². The molecule has 0 amide bonds. The van der Waals surface area contributed by atoms with Crippen molar-refractivity contribution < 1.29 is 17.6 Å². The van der Waals surface area contributed by atoms with E-state index in [0.717, 1.165) is 0 Å². The first-order valence-electron chi connectivity index (χ1n) is 3.41. The Labute approximate surface area is 79.3 Å². The Balaban J connectivity index is 2.85. The van der Waals surface area contributed by atoms with Crippen molar-refractivity contribution in [1.29, 1.82) is 0 Å². The van der Waals surface area contributed by atoms with Crippen molar-refractivity contribution in [2.75, 3.05) is 7.11 Å². The minimum atomic E-state index is -0.477. The summed E-state index contributed by atoms with van der Waals surface area (Å²) < 4.78 is 20.6. The van der Waals surface area contributed by atoms with E-state index < -0.39 is 5.97 Å². The van der Waals surface area contributed by atoms with E-state index in [-0.39, 0.29) is 18.2 Å². The summed E-state index contributed by atoms with van der Waals surface area (Å²) in [5.41, 5.74) is 0.328. The van der Waals surface area contributed by atoms with Gasteiger partial charge in [-0.15, -0.1) is 3.89 Å². The number of rotatable bonds is 3. The van der Waals surface area contributed by atoms with Gasteiger partial charge in [0.2, 0.25) is 0 Å².